The summed E-state index contributed by atoms with van der Waals surface area (Å²) >= 11 is 0. The zero-order chi connectivity index (χ0) is 16.4. The lowest BCUT2D eigenvalue weighted by molar-refractivity contribution is 0.126. The van der Waals surface area contributed by atoms with Crippen molar-refractivity contribution in [2.75, 3.05) is 6.54 Å². The van der Waals surface area contributed by atoms with Crippen molar-refractivity contribution in [2.45, 2.75) is 44.8 Å². The molecule has 0 aliphatic carbocycles. The van der Waals surface area contributed by atoms with E-state index in [2.05, 4.69) is 25.1 Å². The van der Waals surface area contributed by atoms with Crippen LogP contribution in [0.1, 0.15) is 31.4 Å². The van der Waals surface area contributed by atoms with Gasteiger partial charge in [0.2, 0.25) is 0 Å². The molecule has 126 valence electrons. The molecule has 0 radical (unpaired) electrons. The number of piperidine rings is 1. The number of aromatic nitrogens is 6. The van der Waals surface area contributed by atoms with Crippen LogP contribution in [0.2, 0.25) is 0 Å². The number of nitrogens with zero attached hydrogens (tertiary/aromatic N) is 6. The number of aryl methyl sites for hydroxylation is 1. The summed E-state index contributed by atoms with van der Waals surface area (Å²) in [6.07, 6.45) is 10.0. The molecule has 24 heavy (non-hydrogen) atoms. The Labute approximate surface area is 139 Å². The van der Waals surface area contributed by atoms with Crippen molar-refractivity contribution in [2.24, 2.45) is 0 Å². The predicted octanol–water partition coefficient (Wildman–Crippen LogP) is 1.06. The van der Waals surface area contributed by atoms with Gasteiger partial charge in [-0.2, -0.15) is 9.61 Å². The van der Waals surface area contributed by atoms with Crippen molar-refractivity contribution in [3.8, 4) is 0 Å². The van der Waals surface area contributed by atoms with E-state index in [1.54, 1.807) is 6.07 Å². The maximum absolute atomic E-state index is 12.1. The first-order chi connectivity index (χ1) is 11.8. The van der Waals surface area contributed by atoms with Crippen molar-refractivity contribution < 1.29 is 0 Å². The van der Waals surface area contributed by atoms with Crippen molar-refractivity contribution in [3.05, 3.63) is 46.9 Å². The standard InChI is InChI=1S/C16H21N7O/c24-15-10-13(20-16-17-12-19-23(15)16)11-21-7-2-1-4-14(21)5-9-22-8-3-6-18-22/h3,6,8,10,12,14H,1-2,4-5,7,9,11H2,(H,17,19,20)/t14-/m0/s1. The van der Waals surface area contributed by atoms with E-state index in [1.807, 2.05) is 23.1 Å². The minimum Gasteiger partial charge on any atom is -0.294 e. The first kappa shape index (κ1) is 15.1. The molecule has 8 heteroatoms. The third kappa shape index (κ3) is 3.09. The average molecular weight is 327 g/mol. The van der Waals surface area contributed by atoms with Gasteiger partial charge in [-0.1, -0.05) is 6.42 Å². The van der Waals surface area contributed by atoms with Gasteiger partial charge in [0.05, 0.1) is 5.69 Å². The van der Waals surface area contributed by atoms with Gasteiger partial charge in [0, 0.05) is 37.6 Å². The van der Waals surface area contributed by atoms with Gasteiger partial charge in [0.1, 0.15) is 6.33 Å². The molecule has 1 N–H and O–H groups in total. The summed E-state index contributed by atoms with van der Waals surface area (Å²) in [4.78, 5) is 23.1. The van der Waals surface area contributed by atoms with Crippen LogP contribution in [-0.4, -0.2) is 46.8 Å². The molecule has 8 nitrogen and oxygen atoms in total. The van der Waals surface area contributed by atoms with Crippen molar-refractivity contribution in [3.63, 3.8) is 0 Å². The van der Waals surface area contributed by atoms with Crippen LogP contribution in [0.4, 0.5) is 0 Å². The first-order valence-corrected chi connectivity index (χ1v) is 8.43. The van der Waals surface area contributed by atoms with Crippen LogP contribution in [0.25, 0.3) is 5.78 Å². The molecule has 1 aliphatic heterocycles. The molecule has 0 unspecified atom stereocenters. The quantitative estimate of drug-likeness (QED) is 0.757. The Bertz CT molecular complexity index is 851. The smallest absolute Gasteiger partial charge is 0.274 e. The lowest BCUT2D eigenvalue weighted by Crippen LogP contribution is -2.40. The highest BCUT2D eigenvalue weighted by Crippen LogP contribution is 2.21. The Balaban J connectivity index is 1.48. The SMILES string of the molecule is O=c1cc(CN2CCCC[C@H]2CCn2cccn2)nc2nc[nH]n12. The zero-order valence-electron chi connectivity index (χ0n) is 13.5. The molecular formula is C16H21N7O. The van der Waals surface area contributed by atoms with E-state index in [4.69, 9.17) is 0 Å². The van der Waals surface area contributed by atoms with Crippen molar-refractivity contribution in [1.82, 2.24) is 34.3 Å². The Morgan fingerprint density at radius 1 is 1.33 bits per heavy atom. The fourth-order valence-electron chi connectivity index (χ4n) is 3.47. The summed E-state index contributed by atoms with van der Waals surface area (Å²) in [7, 11) is 0. The third-order valence-corrected chi connectivity index (χ3v) is 4.69. The molecule has 0 bridgehead atoms. The van der Waals surface area contributed by atoms with E-state index in [9.17, 15) is 4.79 Å². The monoisotopic (exact) mass is 327 g/mol. The van der Waals surface area contributed by atoms with Crippen LogP contribution in [0.5, 0.6) is 0 Å². The van der Waals surface area contributed by atoms with Gasteiger partial charge in [-0.05, 0) is 31.9 Å². The zero-order valence-corrected chi connectivity index (χ0v) is 13.5. The minimum absolute atomic E-state index is 0.113. The first-order valence-electron chi connectivity index (χ1n) is 8.43. The van der Waals surface area contributed by atoms with E-state index in [0.717, 1.165) is 25.2 Å². The molecule has 1 fully saturated rings. The molecular weight excluding hydrogens is 306 g/mol. The van der Waals surface area contributed by atoms with Crippen LogP contribution in [-0.2, 0) is 13.1 Å². The van der Waals surface area contributed by atoms with E-state index >= 15 is 0 Å². The number of hydrogen-bond acceptors (Lipinski definition) is 5. The Morgan fingerprint density at radius 3 is 3.17 bits per heavy atom. The lowest BCUT2D eigenvalue weighted by atomic mass is 9.99. The van der Waals surface area contributed by atoms with Crippen molar-refractivity contribution in [1.29, 1.82) is 0 Å². The van der Waals surface area contributed by atoms with Crippen LogP contribution in [0.3, 0.4) is 0 Å². The summed E-state index contributed by atoms with van der Waals surface area (Å²) in [6, 6.07) is 4.06. The number of nitrogens with one attached hydrogen (secondary N) is 1. The second kappa shape index (κ2) is 6.56. The number of H-pyrrole nitrogens is 1. The highest BCUT2D eigenvalue weighted by Gasteiger charge is 2.23. The second-order valence-corrected chi connectivity index (χ2v) is 6.29. The van der Waals surface area contributed by atoms with Gasteiger partial charge in [-0.25, -0.2) is 9.97 Å². The lowest BCUT2D eigenvalue weighted by Gasteiger charge is -2.35. The highest BCUT2D eigenvalue weighted by molar-refractivity contribution is 5.26. The van der Waals surface area contributed by atoms with E-state index in [-0.39, 0.29) is 5.56 Å². The fraction of sp³-hybridized carbons (Fsp3) is 0.500. The number of rotatable bonds is 5. The van der Waals surface area contributed by atoms with Gasteiger partial charge in [0.25, 0.3) is 11.3 Å². The maximum Gasteiger partial charge on any atom is 0.274 e. The molecule has 0 saturated carbocycles. The molecule has 4 heterocycles. The Kier molecular flexibility index (Phi) is 4.12. The van der Waals surface area contributed by atoms with Gasteiger partial charge in [0.15, 0.2) is 0 Å². The number of fused-ring (bicyclic) bond motifs is 1. The maximum atomic E-state index is 12.1. The van der Waals surface area contributed by atoms with Crippen molar-refractivity contribution >= 4 is 5.78 Å². The molecule has 0 aromatic carbocycles. The van der Waals surface area contributed by atoms with E-state index in [0.29, 0.717) is 18.4 Å². The van der Waals surface area contributed by atoms with Crippen LogP contribution >= 0.6 is 0 Å². The molecule has 1 saturated heterocycles. The molecule has 4 rings (SSSR count). The average Bonchev–Trinajstić information content (AvgIpc) is 3.25. The molecule has 0 amide bonds. The van der Waals surface area contributed by atoms with Gasteiger partial charge in [-0.3, -0.25) is 19.5 Å². The highest BCUT2D eigenvalue weighted by atomic mass is 16.1. The minimum atomic E-state index is -0.113. The largest absolute Gasteiger partial charge is 0.294 e. The molecule has 3 aromatic heterocycles. The van der Waals surface area contributed by atoms with Gasteiger partial charge < -0.3 is 0 Å². The normalized spacial score (nSPS) is 19.1. The summed E-state index contributed by atoms with van der Waals surface area (Å²) in [6.45, 7) is 2.66. The van der Waals surface area contributed by atoms with Gasteiger partial charge >= 0.3 is 0 Å². The molecule has 3 aromatic rings. The molecule has 0 spiro atoms. The topological polar surface area (TPSA) is 84.1 Å². The Hall–Kier alpha value is -2.48. The van der Waals surface area contributed by atoms with E-state index < -0.39 is 0 Å². The number of aromatic amines is 1. The third-order valence-electron chi connectivity index (χ3n) is 4.69. The number of hydrogen-bond donors (Lipinski definition) is 1. The second-order valence-electron chi connectivity index (χ2n) is 6.29. The van der Waals surface area contributed by atoms with Crippen LogP contribution in [0.15, 0.2) is 35.6 Å². The Morgan fingerprint density at radius 2 is 2.29 bits per heavy atom. The fourth-order valence-corrected chi connectivity index (χ4v) is 3.47. The summed E-state index contributed by atoms with van der Waals surface area (Å²) in [5, 5.41) is 7.05. The summed E-state index contributed by atoms with van der Waals surface area (Å²) in [5.74, 6) is 0.433. The van der Waals surface area contributed by atoms with Crippen LogP contribution < -0.4 is 5.56 Å². The molecule has 1 atom stereocenters. The number of likely N-dealkylation sites (tertiary alicyclic amines) is 1. The summed E-state index contributed by atoms with van der Waals surface area (Å²) in [5.41, 5.74) is 0.677. The van der Waals surface area contributed by atoms with E-state index in [1.165, 1.54) is 30.1 Å². The van der Waals surface area contributed by atoms with Gasteiger partial charge in [-0.15, -0.1) is 0 Å². The van der Waals surface area contributed by atoms with Crippen LogP contribution in [0, 0.1) is 0 Å². The molecule has 1 aliphatic rings. The predicted molar refractivity (Wildman–Crippen MR) is 88.5 cm³/mol. The summed E-state index contributed by atoms with van der Waals surface area (Å²) < 4.78 is 3.34.